The van der Waals surface area contributed by atoms with E-state index in [1.807, 2.05) is 33.8 Å². The molecular formula is C30H32ClN3O6. The fourth-order valence-electron chi connectivity index (χ4n) is 6.22. The van der Waals surface area contributed by atoms with Gasteiger partial charge < -0.3 is 24.5 Å². The molecule has 10 heteroatoms. The van der Waals surface area contributed by atoms with Crippen molar-refractivity contribution >= 4 is 34.4 Å². The third-order valence-electron chi connectivity index (χ3n) is 8.35. The van der Waals surface area contributed by atoms with Crippen molar-refractivity contribution in [2.45, 2.75) is 84.3 Å². The molecule has 3 aliphatic rings. The van der Waals surface area contributed by atoms with Crippen LogP contribution >= 0.6 is 11.6 Å². The quantitative estimate of drug-likeness (QED) is 0.359. The Bertz CT molecular complexity index is 1690. The maximum absolute atomic E-state index is 13.7. The highest BCUT2D eigenvalue weighted by atomic mass is 35.5. The zero-order valence-corrected chi connectivity index (χ0v) is 24.0. The molecule has 1 aliphatic carbocycles. The number of amides is 1. The molecule has 0 bridgehead atoms. The summed E-state index contributed by atoms with van der Waals surface area (Å²) < 4.78 is 12.5. The van der Waals surface area contributed by atoms with Gasteiger partial charge in [-0.25, -0.2) is 9.78 Å². The minimum Gasteiger partial charge on any atom is -0.458 e. The number of aliphatic hydroxyl groups is 1. The number of aryl methyl sites for hydroxylation is 1. The van der Waals surface area contributed by atoms with Crippen molar-refractivity contribution in [1.29, 1.82) is 0 Å². The first-order valence-electron chi connectivity index (χ1n) is 13.6. The molecule has 2 atom stereocenters. The smallest absolute Gasteiger partial charge is 0.343 e. The Morgan fingerprint density at radius 3 is 2.73 bits per heavy atom. The summed E-state index contributed by atoms with van der Waals surface area (Å²) in [5, 5.41) is 15.9. The average Bonchev–Trinajstić information content (AvgIpc) is 3.27. The standard InChI is InChI=1S/C30H32ClN3O6/c1-6-30(38)18-9-22-26-16(11-34(22)27(36)17(18)12-39-28(30)37)25-20(32-23(35)13-40-29(3,4)5)8-7-15-14(2)19(31)10-21(33-26)24(15)25/h9-10,20,38H,6-8,11-13H2,1-5H3,(H,32,35)/t20-,30+/m1/s1. The van der Waals surface area contributed by atoms with Crippen LogP contribution in [0.3, 0.4) is 0 Å². The number of benzene rings is 1. The molecule has 2 aliphatic heterocycles. The van der Waals surface area contributed by atoms with Crippen LogP contribution in [0.15, 0.2) is 16.9 Å². The predicted molar refractivity (Wildman–Crippen MR) is 149 cm³/mol. The van der Waals surface area contributed by atoms with Crippen LogP contribution in [0.4, 0.5) is 0 Å². The molecule has 6 rings (SSSR count). The van der Waals surface area contributed by atoms with Gasteiger partial charge in [0, 0.05) is 21.5 Å². The number of carbonyl (C=O) groups excluding carboxylic acids is 2. The van der Waals surface area contributed by atoms with Crippen LogP contribution in [-0.2, 0) is 44.2 Å². The Balaban J connectivity index is 1.55. The molecule has 40 heavy (non-hydrogen) atoms. The van der Waals surface area contributed by atoms with E-state index in [2.05, 4.69) is 5.32 Å². The lowest BCUT2D eigenvalue weighted by molar-refractivity contribution is -0.172. The second-order valence-corrected chi connectivity index (χ2v) is 12.3. The number of cyclic esters (lactones) is 1. The van der Waals surface area contributed by atoms with E-state index >= 15 is 0 Å². The van der Waals surface area contributed by atoms with Crippen molar-refractivity contribution in [3.8, 4) is 11.4 Å². The number of fused-ring (bicyclic) bond motifs is 5. The summed E-state index contributed by atoms with van der Waals surface area (Å²) in [4.78, 5) is 44.3. The number of nitrogens with one attached hydrogen (secondary N) is 1. The number of ether oxygens (including phenoxy) is 2. The molecular weight excluding hydrogens is 534 g/mol. The van der Waals surface area contributed by atoms with E-state index in [9.17, 15) is 19.5 Å². The maximum Gasteiger partial charge on any atom is 0.343 e. The first-order valence-corrected chi connectivity index (χ1v) is 14.0. The van der Waals surface area contributed by atoms with E-state index in [1.54, 1.807) is 17.6 Å². The Kier molecular flexibility index (Phi) is 6.14. The predicted octanol–water partition coefficient (Wildman–Crippen LogP) is 3.96. The molecule has 0 fully saturated rings. The van der Waals surface area contributed by atoms with Crippen molar-refractivity contribution < 1.29 is 24.2 Å². The van der Waals surface area contributed by atoms with Gasteiger partial charge in [0.2, 0.25) is 5.91 Å². The summed E-state index contributed by atoms with van der Waals surface area (Å²) in [6.45, 7) is 9.34. The van der Waals surface area contributed by atoms with Crippen LogP contribution in [0.1, 0.15) is 80.0 Å². The fraction of sp³-hybridized carbons (Fsp3) is 0.467. The third kappa shape index (κ3) is 3.97. The van der Waals surface area contributed by atoms with Gasteiger partial charge in [0.05, 0.1) is 40.7 Å². The van der Waals surface area contributed by atoms with Crippen molar-refractivity contribution in [1.82, 2.24) is 14.9 Å². The van der Waals surface area contributed by atoms with Gasteiger partial charge in [0.1, 0.15) is 13.2 Å². The van der Waals surface area contributed by atoms with Crippen LogP contribution in [0.2, 0.25) is 5.02 Å². The number of hydrogen-bond donors (Lipinski definition) is 2. The number of esters is 1. The number of rotatable bonds is 4. The summed E-state index contributed by atoms with van der Waals surface area (Å²) in [7, 11) is 0. The van der Waals surface area contributed by atoms with Crippen molar-refractivity contribution in [2.75, 3.05) is 6.61 Å². The topological polar surface area (TPSA) is 120 Å². The summed E-state index contributed by atoms with van der Waals surface area (Å²) in [5.74, 6) is -0.988. The van der Waals surface area contributed by atoms with E-state index in [0.717, 1.165) is 27.6 Å². The molecule has 0 spiro atoms. The van der Waals surface area contributed by atoms with E-state index in [1.165, 1.54) is 0 Å². The number of carbonyl (C=O) groups is 2. The van der Waals surface area contributed by atoms with E-state index in [0.29, 0.717) is 34.8 Å². The summed E-state index contributed by atoms with van der Waals surface area (Å²) in [6.07, 6.45) is 1.43. The first-order chi connectivity index (χ1) is 18.8. The fourth-order valence-corrected chi connectivity index (χ4v) is 6.43. The zero-order chi connectivity index (χ0) is 28.7. The molecule has 1 amide bonds. The molecule has 1 aromatic carbocycles. The lowest BCUT2D eigenvalue weighted by Crippen LogP contribution is -2.44. The van der Waals surface area contributed by atoms with Crippen LogP contribution in [0.5, 0.6) is 0 Å². The highest BCUT2D eigenvalue weighted by Gasteiger charge is 2.46. The molecule has 210 valence electrons. The van der Waals surface area contributed by atoms with Crippen LogP contribution in [-0.4, -0.2) is 38.7 Å². The molecule has 2 aromatic heterocycles. The number of nitrogens with zero attached hydrogens (tertiary/aromatic N) is 2. The number of hydrogen-bond acceptors (Lipinski definition) is 7. The van der Waals surface area contributed by atoms with Gasteiger partial charge in [-0.3, -0.25) is 9.59 Å². The van der Waals surface area contributed by atoms with Crippen LogP contribution in [0, 0.1) is 6.92 Å². The van der Waals surface area contributed by atoms with Crippen molar-refractivity contribution in [3.05, 3.63) is 60.9 Å². The zero-order valence-electron chi connectivity index (χ0n) is 23.2. The number of halogens is 1. The van der Waals surface area contributed by atoms with Gasteiger partial charge in [0.25, 0.3) is 5.56 Å². The molecule has 0 saturated heterocycles. The Hall–Kier alpha value is -3.27. The monoisotopic (exact) mass is 565 g/mol. The summed E-state index contributed by atoms with van der Waals surface area (Å²) in [6, 6.07) is 3.20. The van der Waals surface area contributed by atoms with Crippen molar-refractivity contribution in [3.63, 3.8) is 0 Å². The second kappa shape index (κ2) is 9.12. The minimum atomic E-state index is -1.91. The van der Waals surface area contributed by atoms with Gasteiger partial charge in [-0.2, -0.15) is 0 Å². The molecule has 2 N–H and O–H groups in total. The van der Waals surface area contributed by atoms with Gasteiger partial charge in [-0.1, -0.05) is 18.5 Å². The van der Waals surface area contributed by atoms with Crippen LogP contribution in [0.25, 0.3) is 22.3 Å². The average molecular weight is 566 g/mol. The highest BCUT2D eigenvalue weighted by molar-refractivity contribution is 6.32. The lowest BCUT2D eigenvalue weighted by atomic mass is 9.81. The normalized spacial score (nSPS) is 21.1. The molecule has 0 radical (unpaired) electrons. The lowest BCUT2D eigenvalue weighted by Gasteiger charge is -2.31. The molecule has 0 unspecified atom stereocenters. The van der Waals surface area contributed by atoms with E-state index in [4.69, 9.17) is 26.1 Å². The molecule has 0 saturated carbocycles. The van der Waals surface area contributed by atoms with Gasteiger partial charge in [-0.05, 0) is 75.8 Å². The Morgan fingerprint density at radius 2 is 2.02 bits per heavy atom. The Labute approximate surface area is 236 Å². The largest absolute Gasteiger partial charge is 0.458 e. The molecule has 9 nitrogen and oxygen atoms in total. The van der Waals surface area contributed by atoms with E-state index in [-0.39, 0.29) is 54.8 Å². The molecule has 3 aromatic rings. The molecule has 4 heterocycles. The number of aromatic nitrogens is 2. The van der Waals surface area contributed by atoms with Crippen molar-refractivity contribution in [2.24, 2.45) is 0 Å². The van der Waals surface area contributed by atoms with Gasteiger partial charge in [0.15, 0.2) is 5.60 Å². The van der Waals surface area contributed by atoms with Gasteiger partial charge >= 0.3 is 5.97 Å². The SMILES string of the molecule is CC[C@@]1(O)C(=O)OCc2c1cc1n(c2=O)Cc2c-1nc1cc(Cl)c(C)c3c1c2[C@H](NC(=O)COC(C)(C)C)CC3. The third-order valence-corrected chi connectivity index (χ3v) is 8.74. The summed E-state index contributed by atoms with van der Waals surface area (Å²) >= 11 is 6.63. The first kappa shape index (κ1) is 26.9. The Morgan fingerprint density at radius 1 is 1.27 bits per heavy atom. The maximum atomic E-state index is 13.7. The van der Waals surface area contributed by atoms with Gasteiger partial charge in [-0.15, -0.1) is 0 Å². The number of pyridine rings is 2. The highest BCUT2D eigenvalue weighted by Crippen LogP contribution is 2.46. The summed E-state index contributed by atoms with van der Waals surface area (Å²) in [5.41, 5.74) is 3.43. The van der Waals surface area contributed by atoms with Crippen LogP contribution < -0.4 is 10.9 Å². The second-order valence-electron chi connectivity index (χ2n) is 11.9. The van der Waals surface area contributed by atoms with E-state index < -0.39 is 17.2 Å². The minimum absolute atomic E-state index is 0.0635.